The molecule has 0 radical (unpaired) electrons. The van der Waals surface area contributed by atoms with Gasteiger partial charge in [-0.1, -0.05) is 157 Å². The van der Waals surface area contributed by atoms with Crippen LogP contribution in [-0.4, -0.2) is 12.4 Å². The van der Waals surface area contributed by atoms with Gasteiger partial charge in [0, 0.05) is 34.1 Å². The van der Waals surface area contributed by atoms with Gasteiger partial charge in [-0.05, 0) is 133 Å². The molecule has 9 aromatic carbocycles. The molecule has 0 atom stereocenters. The molecular weight excluding hydrogens is 805 g/mol. The Morgan fingerprint density at radius 1 is 0.303 bits per heavy atom. The van der Waals surface area contributed by atoms with Crippen molar-refractivity contribution in [1.82, 2.24) is 0 Å². The largest absolute Gasteiger partial charge is 0.311 e. The average Bonchev–Trinajstić information content (AvgIpc) is 3.37. The van der Waals surface area contributed by atoms with E-state index < -0.39 is 0 Å². The molecule has 0 heterocycles. The second-order valence-corrected chi connectivity index (χ2v) is 16.3. The predicted molar refractivity (Wildman–Crippen MR) is 279 cm³/mol. The van der Waals surface area contributed by atoms with Crippen molar-refractivity contribution in [2.45, 2.75) is 26.9 Å². The normalized spacial score (nSPS) is 11.2. The third-order valence-corrected chi connectivity index (χ3v) is 11.4. The van der Waals surface area contributed by atoms with Crippen LogP contribution in [0.1, 0.15) is 33.4 Å². The Kier molecular flexibility index (Phi) is 13.5. The maximum absolute atomic E-state index is 5.07. The molecule has 0 fully saturated rings. The minimum Gasteiger partial charge on any atom is -0.311 e. The van der Waals surface area contributed by atoms with Gasteiger partial charge in [0.25, 0.3) is 0 Å². The molecule has 0 unspecified atom stereocenters. The molecule has 0 spiro atoms. The van der Waals surface area contributed by atoms with Crippen LogP contribution in [-0.2, 0) is 13.1 Å². The lowest BCUT2D eigenvalue weighted by Crippen LogP contribution is -2.18. The summed E-state index contributed by atoms with van der Waals surface area (Å²) in [4.78, 5) is 4.55. The van der Waals surface area contributed by atoms with E-state index >= 15 is 0 Å². The Balaban J connectivity index is 0.931. The predicted octanol–water partition coefficient (Wildman–Crippen LogP) is 15.3. The van der Waals surface area contributed by atoms with Crippen molar-refractivity contribution in [1.29, 1.82) is 0 Å². The monoisotopic (exact) mass is 856 g/mol. The number of anilines is 8. The molecular formula is C60H52N6. The molecule has 0 amide bonds. The number of aryl methyl sites for hydroxylation is 2. The molecule has 9 aromatic rings. The fourth-order valence-corrected chi connectivity index (χ4v) is 7.90. The Labute approximate surface area is 389 Å². The third kappa shape index (κ3) is 10.8. The molecule has 0 aliphatic heterocycles. The number of benzene rings is 9. The summed E-state index contributed by atoms with van der Waals surface area (Å²) in [5.74, 6) is 0. The average molecular weight is 857 g/mol. The van der Waals surface area contributed by atoms with Gasteiger partial charge in [0.2, 0.25) is 0 Å². The van der Waals surface area contributed by atoms with Gasteiger partial charge in [-0.25, -0.2) is 0 Å². The molecule has 66 heavy (non-hydrogen) atoms. The summed E-state index contributed by atoms with van der Waals surface area (Å²) in [7, 11) is 0. The van der Waals surface area contributed by atoms with Gasteiger partial charge in [-0.15, -0.1) is 0 Å². The summed E-state index contributed by atoms with van der Waals surface area (Å²) in [5.41, 5.74) is 15.4. The van der Waals surface area contributed by atoms with Crippen LogP contribution in [0.25, 0.3) is 0 Å². The van der Waals surface area contributed by atoms with Crippen molar-refractivity contribution in [3.8, 4) is 0 Å². The Morgan fingerprint density at radius 2 is 0.591 bits per heavy atom. The third-order valence-electron chi connectivity index (χ3n) is 11.4. The highest BCUT2D eigenvalue weighted by molar-refractivity contribution is 5.85. The van der Waals surface area contributed by atoms with Gasteiger partial charge in [0.15, 0.2) is 0 Å². The van der Waals surface area contributed by atoms with Gasteiger partial charge < -0.3 is 9.80 Å². The lowest BCUT2D eigenvalue weighted by Gasteiger charge is -2.25. The van der Waals surface area contributed by atoms with Crippen molar-refractivity contribution in [2.75, 3.05) is 19.8 Å². The van der Waals surface area contributed by atoms with E-state index in [1.54, 1.807) is 0 Å². The van der Waals surface area contributed by atoms with Crippen LogP contribution >= 0.6 is 0 Å². The van der Waals surface area contributed by atoms with Gasteiger partial charge >= 0.3 is 0 Å². The lowest BCUT2D eigenvalue weighted by atomic mass is 10.1. The van der Waals surface area contributed by atoms with Crippen molar-refractivity contribution in [2.24, 2.45) is 10.2 Å². The van der Waals surface area contributed by atoms with Crippen LogP contribution in [0, 0.1) is 13.8 Å². The number of hydrogen-bond donors (Lipinski definition) is 0. The smallest absolute Gasteiger partial charge is 0.0666 e. The molecule has 0 saturated heterocycles. The second kappa shape index (κ2) is 20.8. The molecule has 9 rings (SSSR count). The summed E-state index contributed by atoms with van der Waals surface area (Å²) >= 11 is 0. The SMILES string of the molecule is Cc1ccc(N(c2ccccc2)c2ccc(C=NN(Cc3cccc(CN(N=Cc4ccc(N(c5ccccc5)c5ccc(C)cc5)cc4)c4ccccc4)c3)c3ccccc3)cc2)cc1. The zero-order chi connectivity index (χ0) is 44.9. The Morgan fingerprint density at radius 3 is 0.924 bits per heavy atom. The molecule has 0 saturated carbocycles. The standard InChI is InChI=1S/C60H52N6/c1-47-26-34-57(35-27-47)65(55-22-11-5-12-23-55)59-38-30-49(31-39-59)43-61-63(53-18-7-3-8-19-53)45-51-16-15-17-52(42-51)46-64(54-20-9-4-10-21-54)62-44-50-32-40-60(41-33-50)66(56-24-13-6-14-25-56)58-36-28-48(2)29-37-58/h3-44H,45-46H2,1-2H3. The van der Waals surface area contributed by atoms with E-state index in [-0.39, 0.29) is 0 Å². The van der Waals surface area contributed by atoms with E-state index in [4.69, 9.17) is 10.2 Å². The van der Waals surface area contributed by atoms with E-state index in [1.807, 2.05) is 36.7 Å². The Bertz CT molecular complexity index is 2750. The first-order valence-corrected chi connectivity index (χ1v) is 22.4. The number of hydrazone groups is 2. The van der Waals surface area contributed by atoms with E-state index in [1.165, 1.54) is 11.1 Å². The highest BCUT2D eigenvalue weighted by Crippen LogP contribution is 2.36. The van der Waals surface area contributed by atoms with Crippen LogP contribution in [0.3, 0.4) is 0 Å². The number of nitrogens with zero attached hydrogens (tertiary/aromatic N) is 6. The maximum atomic E-state index is 5.07. The zero-order valence-corrected chi connectivity index (χ0v) is 37.3. The Hall–Kier alpha value is -8.48. The molecule has 6 nitrogen and oxygen atoms in total. The quantitative estimate of drug-likeness (QED) is 0.0717. The van der Waals surface area contributed by atoms with Crippen molar-refractivity contribution in [3.05, 3.63) is 276 Å². The van der Waals surface area contributed by atoms with Crippen LogP contribution in [0.5, 0.6) is 0 Å². The van der Waals surface area contributed by atoms with Gasteiger partial charge in [-0.3, -0.25) is 10.0 Å². The molecule has 0 aliphatic carbocycles. The minimum atomic E-state index is 0.588. The summed E-state index contributed by atoms with van der Waals surface area (Å²) < 4.78 is 0. The molecule has 0 aliphatic rings. The van der Waals surface area contributed by atoms with Crippen LogP contribution in [0.4, 0.5) is 45.5 Å². The fourth-order valence-electron chi connectivity index (χ4n) is 7.90. The number of para-hydroxylation sites is 4. The highest BCUT2D eigenvalue weighted by atomic mass is 15.5. The summed E-state index contributed by atoms with van der Waals surface area (Å²) in [6.45, 7) is 5.41. The molecule has 6 heteroatoms. The first kappa shape index (κ1) is 42.8. The zero-order valence-electron chi connectivity index (χ0n) is 37.3. The first-order valence-electron chi connectivity index (χ1n) is 22.4. The number of rotatable bonds is 16. The van der Waals surface area contributed by atoms with Gasteiger partial charge in [0.05, 0.1) is 36.9 Å². The van der Waals surface area contributed by atoms with Gasteiger partial charge in [-0.2, -0.15) is 10.2 Å². The van der Waals surface area contributed by atoms with E-state index in [0.717, 1.165) is 67.8 Å². The fraction of sp³-hybridized carbons (Fsp3) is 0.0667. The molecule has 0 N–H and O–H groups in total. The van der Waals surface area contributed by atoms with E-state index in [9.17, 15) is 0 Å². The molecule has 0 bridgehead atoms. The van der Waals surface area contributed by atoms with Crippen molar-refractivity contribution < 1.29 is 0 Å². The minimum absolute atomic E-state index is 0.588. The summed E-state index contributed by atoms with van der Waals surface area (Å²) in [6, 6.07) is 84.8. The van der Waals surface area contributed by atoms with E-state index in [0.29, 0.717) is 13.1 Å². The van der Waals surface area contributed by atoms with Crippen molar-refractivity contribution in [3.63, 3.8) is 0 Å². The topological polar surface area (TPSA) is 37.7 Å². The van der Waals surface area contributed by atoms with Crippen LogP contribution in [0.2, 0.25) is 0 Å². The number of hydrogen-bond acceptors (Lipinski definition) is 6. The molecule has 322 valence electrons. The van der Waals surface area contributed by atoms with Gasteiger partial charge in [0.1, 0.15) is 0 Å². The highest BCUT2D eigenvalue weighted by Gasteiger charge is 2.15. The van der Waals surface area contributed by atoms with Crippen LogP contribution in [0.15, 0.2) is 253 Å². The van der Waals surface area contributed by atoms with Crippen molar-refractivity contribution >= 4 is 57.9 Å². The van der Waals surface area contributed by atoms with Crippen LogP contribution < -0.4 is 19.8 Å². The van der Waals surface area contributed by atoms with E-state index in [2.05, 4.69) is 252 Å². The summed E-state index contributed by atoms with van der Waals surface area (Å²) in [5, 5.41) is 14.3. The summed E-state index contributed by atoms with van der Waals surface area (Å²) in [6.07, 6.45) is 3.89. The maximum Gasteiger partial charge on any atom is 0.0666 e. The first-order chi connectivity index (χ1) is 32.5. The second-order valence-electron chi connectivity index (χ2n) is 16.3. The lowest BCUT2D eigenvalue weighted by molar-refractivity contribution is 0.839. The molecule has 0 aromatic heterocycles.